The molecule has 0 spiro atoms. The molecule has 5 aliphatic carbocycles. The maximum atomic E-state index is 2.39. The third-order valence-electron chi connectivity index (χ3n) is 12.3. The molecule has 5 saturated carbocycles. The highest BCUT2D eigenvalue weighted by Crippen LogP contribution is 2.53. The van der Waals surface area contributed by atoms with Gasteiger partial charge in [-0.1, -0.05) is 44.8 Å². The zero-order chi connectivity index (χ0) is 23.3. The van der Waals surface area contributed by atoms with Crippen molar-refractivity contribution in [2.75, 3.05) is 0 Å². The molecule has 0 radical (unpaired) electrons. The Kier molecular flexibility index (Phi) is 9.20. The summed E-state index contributed by atoms with van der Waals surface area (Å²) in [5.41, 5.74) is 0. The van der Waals surface area contributed by atoms with Crippen molar-refractivity contribution in [1.29, 1.82) is 0 Å². The second-order valence-electron chi connectivity index (χ2n) is 14.2. The number of hydrogen-bond donors (Lipinski definition) is 0. The SMILES string of the molecule is C/C=C/CCC1CCC2CC(C3CCC(C4CCC5CC(CCC)CCC5C4)CC3)CCC2C1. The van der Waals surface area contributed by atoms with Crippen LogP contribution in [0.5, 0.6) is 0 Å². The van der Waals surface area contributed by atoms with E-state index in [0.29, 0.717) is 0 Å². The highest BCUT2D eigenvalue weighted by atomic mass is 14.5. The summed E-state index contributed by atoms with van der Waals surface area (Å²) >= 11 is 0. The lowest BCUT2D eigenvalue weighted by atomic mass is 9.58. The minimum absolute atomic E-state index is 1.04. The van der Waals surface area contributed by atoms with E-state index >= 15 is 0 Å². The van der Waals surface area contributed by atoms with Gasteiger partial charge in [0, 0.05) is 0 Å². The molecule has 0 bridgehead atoms. The summed E-state index contributed by atoms with van der Waals surface area (Å²) in [4.78, 5) is 0. The molecule has 0 aromatic rings. The van der Waals surface area contributed by atoms with Gasteiger partial charge >= 0.3 is 0 Å². The van der Waals surface area contributed by atoms with Crippen LogP contribution in [0.4, 0.5) is 0 Å². The van der Waals surface area contributed by atoms with Gasteiger partial charge < -0.3 is 0 Å². The molecule has 0 heterocycles. The lowest BCUT2D eigenvalue weighted by Gasteiger charge is -2.47. The number of hydrogen-bond acceptors (Lipinski definition) is 0. The van der Waals surface area contributed by atoms with Crippen LogP contribution >= 0.6 is 0 Å². The highest BCUT2D eigenvalue weighted by molar-refractivity contribution is 4.93. The van der Waals surface area contributed by atoms with Gasteiger partial charge in [0.25, 0.3) is 0 Å². The van der Waals surface area contributed by atoms with Gasteiger partial charge in [-0.2, -0.15) is 0 Å². The van der Waals surface area contributed by atoms with E-state index in [-0.39, 0.29) is 0 Å². The molecule has 0 saturated heterocycles. The van der Waals surface area contributed by atoms with Crippen LogP contribution in [-0.4, -0.2) is 0 Å². The summed E-state index contributed by atoms with van der Waals surface area (Å²) < 4.78 is 0. The summed E-state index contributed by atoms with van der Waals surface area (Å²) in [6, 6.07) is 0. The van der Waals surface area contributed by atoms with Gasteiger partial charge in [-0.25, -0.2) is 0 Å². The van der Waals surface area contributed by atoms with E-state index in [0.717, 1.165) is 59.2 Å². The van der Waals surface area contributed by atoms with Gasteiger partial charge in [0.1, 0.15) is 0 Å². The Morgan fingerprint density at radius 2 is 0.853 bits per heavy atom. The van der Waals surface area contributed by atoms with E-state index in [2.05, 4.69) is 26.0 Å². The second-order valence-corrected chi connectivity index (χ2v) is 14.2. The summed E-state index contributed by atoms with van der Waals surface area (Å²) in [7, 11) is 0. The monoisotopic (exact) mass is 466 g/mol. The average molecular weight is 467 g/mol. The number of rotatable bonds is 7. The molecule has 0 aromatic carbocycles. The van der Waals surface area contributed by atoms with Crippen molar-refractivity contribution < 1.29 is 0 Å². The number of allylic oxidation sites excluding steroid dienone is 2. The Morgan fingerprint density at radius 3 is 1.32 bits per heavy atom. The van der Waals surface area contributed by atoms with Crippen molar-refractivity contribution in [1.82, 2.24) is 0 Å². The lowest BCUT2D eigenvalue weighted by molar-refractivity contribution is 0.0349. The maximum Gasteiger partial charge on any atom is -0.0348 e. The topological polar surface area (TPSA) is 0 Å². The molecule has 5 fully saturated rings. The van der Waals surface area contributed by atoms with Crippen molar-refractivity contribution in [3.8, 4) is 0 Å². The Balaban J connectivity index is 1.03. The first-order valence-electron chi connectivity index (χ1n) is 16.3. The van der Waals surface area contributed by atoms with Crippen LogP contribution in [0, 0.1) is 59.2 Å². The third kappa shape index (κ3) is 6.17. The van der Waals surface area contributed by atoms with Crippen LogP contribution in [0.2, 0.25) is 0 Å². The summed E-state index contributed by atoms with van der Waals surface area (Å²) in [5, 5.41) is 0. The molecule has 0 aromatic heterocycles. The first kappa shape index (κ1) is 25.4. The number of fused-ring (bicyclic) bond motifs is 2. The van der Waals surface area contributed by atoms with Crippen molar-refractivity contribution in [2.24, 2.45) is 59.2 Å². The first-order chi connectivity index (χ1) is 16.7. The minimum Gasteiger partial charge on any atom is -0.0917 e. The van der Waals surface area contributed by atoms with Crippen LogP contribution in [0.3, 0.4) is 0 Å². The molecular formula is C34H58. The predicted molar refractivity (Wildman–Crippen MR) is 148 cm³/mol. The van der Waals surface area contributed by atoms with E-state index in [1.165, 1.54) is 25.7 Å². The summed E-state index contributed by atoms with van der Waals surface area (Å²) in [6.07, 6.45) is 35.8. The van der Waals surface area contributed by atoms with Gasteiger partial charge in [-0.3, -0.25) is 0 Å². The fourth-order valence-electron chi connectivity index (χ4n) is 10.4. The molecule has 5 aliphatic rings. The zero-order valence-corrected chi connectivity index (χ0v) is 23.1. The van der Waals surface area contributed by atoms with E-state index in [1.54, 1.807) is 103 Å². The first-order valence-corrected chi connectivity index (χ1v) is 16.3. The molecule has 0 amide bonds. The normalized spacial score (nSPS) is 45.6. The smallest absolute Gasteiger partial charge is 0.0348 e. The van der Waals surface area contributed by atoms with E-state index in [9.17, 15) is 0 Å². The van der Waals surface area contributed by atoms with Gasteiger partial charge in [0.05, 0.1) is 0 Å². The quantitative estimate of drug-likeness (QED) is 0.327. The lowest BCUT2D eigenvalue weighted by Crippen LogP contribution is -2.36. The Morgan fingerprint density at radius 1 is 0.471 bits per heavy atom. The van der Waals surface area contributed by atoms with Crippen LogP contribution in [0.25, 0.3) is 0 Å². The van der Waals surface area contributed by atoms with Gasteiger partial charge in [-0.15, -0.1) is 0 Å². The van der Waals surface area contributed by atoms with Crippen LogP contribution in [0.15, 0.2) is 12.2 Å². The van der Waals surface area contributed by atoms with E-state index in [4.69, 9.17) is 0 Å². The van der Waals surface area contributed by atoms with E-state index in [1.807, 2.05) is 0 Å². The van der Waals surface area contributed by atoms with Crippen molar-refractivity contribution in [3.63, 3.8) is 0 Å². The minimum atomic E-state index is 1.04. The largest absolute Gasteiger partial charge is 0.0917 e. The maximum absolute atomic E-state index is 2.39. The van der Waals surface area contributed by atoms with Crippen molar-refractivity contribution >= 4 is 0 Å². The molecular weight excluding hydrogens is 408 g/mol. The molecule has 8 atom stereocenters. The predicted octanol–water partition coefficient (Wildman–Crippen LogP) is 10.6. The second kappa shape index (κ2) is 12.3. The van der Waals surface area contributed by atoms with Gasteiger partial charge in [0.15, 0.2) is 0 Å². The van der Waals surface area contributed by atoms with Gasteiger partial charge in [0.2, 0.25) is 0 Å². The fraction of sp³-hybridized carbons (Fsp3) is 0.941. The fourth-order valence-corrected chi connectivity index (χ4v) is 10.4. The molecule has 0 heteroatoms. The van der Waals surface area contributed by atoms with Gasteiger partial charge in [-0.05, 0) is 169 Å². The molecule has 0 nitrogen and oxygen atoms in total. The Hall–Kier alpha value is -0.260. The molecule has 5 rings (SSSR count). The summed E-state index contributed by atoms with van der Waals surface area (Å²) in [6.45, 7) is 4.57. The van der Waals surface area contributed by atoms with Crippen LogP contribution < -0.4 is 0 Å². The molecule has 34 heavy (non-hydrogen) atoms. The van der Waals surface area contributed by atoms with E-state index < -0.39 is 0 Å². The molecule has 0 aliphatic heterocycles. The third-order valence-corrected chi connectivity index (χ3v) is 12.3. The van der Waals surface area contributed by atoms with Crippen molar-refractivity contribution in [3.05, 3.63) is 12.2 Å². The highest BCUT2D eigenvalue weighted by Gasteiger charge is 2.41. The van der Waals surface area contributed by atoms with Crippen LogP contribution in [0.1, 0.15) is 142 Å². The Bertz CT molecular complexity index is 624. The standard InChI is InChI=1S/C34H58/c1-3-5-6-8-26-10-12-34-24-32(20-18-30(34)22-26)28-15-13-27(14-16-28)31-19-17-29-21-25(7-4-2)9-11-33(29)23-31/h3,5,25-34H,4,6-24H2,1-2H3/b5-3+. The van der Waals surface area contributed by atoms with Crippen LogP contribution in [-0.2, 0) is 0 Å². The average Bonchev–Trinajstić information content (AvgIpc) is 2.88. The van der Waals surface area contributed by atoms with Crippen molar-refractivity contribution in [2.45, 2.75) is 142 Å². The zero-order valence-electron chi connectivity index (χ0n) is 23.1. The molecule has 194 valence electrons. The summed E-state index contributed by atoms with van der Waals surface area (Å²) in [5.74, 6) is 11.0. The molecule has 8 unspecified atom stereocenters. The molecule has 0 N–H and O–H groups in total. The Labute approximate surface area is 213 Å².